The average molecular weight is 553 g/mol. The van der Waals surface area contributed by atoms with Crippen molar-refractivity contribution < 1.29 is 18.8 Å². The molecule has 4 heteroatoms. The first-order valence-electron chi connectivity index (χ1n) is 16.2. The van der Waals surface area contributed by atoms with Gasteiger partial charge in [0.05, 0.1) is 27.3 Å². The zero-order chi connectivity index (χ0) is 28.9. The van der Waals surface area contributed by atoms with E-state index in [0.717, 1.165) is 25.1 Å². The Balaban J connectivity index is 1.60. The van der Waals surface area contributed by atoms with Gasteiger partial charge in [-0.1, -0.05) is 133 Å². The van der Waals surface area contributed by atoms with Gasteiger partial charge in [-0.15, -0.1) is 0 Å². The standard InChI is InChI=1S/C36H58NO3/c1-5-7-8-9-10-11-12-13-14-15-16-20-26-33-27-21-22-28-35(33)39-29-23-30-40-36(38)34(6-2)37(3,4)31-32-24-18-17-19-25-32/h17-19,21-22,24-25,27-28,34H,5-16,20,23,26,29-31H2,1-4H3/q+1. The molecule has 0 radical (unpaired) electrons. The van der Waals surface area contributed by atoms with Gasteiger partial charge in [0.1, 0.15) is 12.3 Å². The molecule has 40 heavy (non-hydrogen) atoms. The van der Waals surface area contributed by atoms with E-state index in [9.17, 15) is 4.79 Å². The van der Waals surface area contributed by atoms with Crippen LogP contribution in [0.15, 0.2) is 54.6 Å². The van der Waals surface area contributed by atoms with Gasteiger partial charge in [0, 0.05) is 18.4 Å². The summed E-state index contributed by atoms with van der Waals surface area (Å²) in [6.07, 6.45) is 18.9. The minimum Gasteiger partial charge on any atom is -0.493 e. The first-order chi connectivity index (χ1) is 19.5. The quantitative estimate of drug-likeness (QED) is 0.0783. The molecule has 2 rings (SSSR count). The van der Waals surface area contributed by atoms with E-state index in [-0.39, 0.29) is 12.0 Å². The van der Waals surface area contributed by atoms with Crippen molar-refractivity contribution in [2.24, 2.45) is 0 Å². The monoisotopic (exact) mass is 552 g/mol. The molecule has 0 aromatic heterocycles. The van der Waals surface area contributed by atoms with Crippen molar-refractivity contribution in [3.05, 3.63) is 65.7 Å². The number of likely N-dealkylation sites (N-methyl/N-ethyl adjacent to an activating group) is 1. The van der Waals surface area contributed by atoms with E-state index < -0.39 is 0 Å². The van der Waals surface area contributed by atoms with Crippen molar-refractivity contribution in [1.82, 2.24) is 0 Å². The second-order valence-corrected chi connectivity index (χ2v) is 12.0. The molecular weight excluding hydrogens is 494 g/mol. The fourth-order valence-electron chi connectivity index (χ4n) is 5.63. The Kier molecular flexibility index (Phi) is 17.4. The average Bonchev–Trinajstić information content (AvgIpc) is 2.94. The van der Waals surface area contributed by atoms with E-state index in [1.807, 2.05) is 24.3 Å². The van der Waals surface area contributed by atoms with Crippen LogP contribution in [0.3, 0.4) is 0 Å². The lowest BCUT2D eigenvalue weighted by Crippen LogP contribution is -2.52. The summed E-state index contributed by atoms with van der Waals surface area (Å²) in [6.45, 7) is 6.09. The van der Waals surface area contributed by atoms with Crippen molar-refractivity contribution in [3.63, 3.8) is 0 Å². The van der Waals surface area contributed by atoms with Gasteiger partial charge in [-0.2, -0.15) is 0 Å². The van der Waals surface area contributed by atoms with Gasteiger partial charge in [0.2, 0.25) is 0 Å². The summed E-state index contributed by atoms with van der Waals surface area (Å²) in [4.78, 5) is 12.9. The van der Waals surface area contributed by atoms with Crippen LogP contribution in [0.1, 0.15) is 115 Å². The maximum absolute atomic E-state index is 12.9. The maximum Gasteiger partial charge on any atom is 0.364 e. The number of esters is 1. The molecule has 0 bridgehead atoms. The Morgan fingerprint density at radius 2 is 1.27 bits per heavy atom. The molecule has 0 N–H and O–H groups in total. The van der Waals surface area contributed by atoms with E-state index in [1.165, 1.54) is 88.2 Å². The molecule has 0 spiro atoms. The number of aryl methyl sites for hydroxylation is 1. The molecule has 0 aliphatic rings. The van der Waals surface area contributed by atoms with Gasteiger partial charge in [0.25, 0.3) is 0 Å². The lowest BCUT2D eigenvalue weighted by atomic mass is 10.0. The van der Waals surface area contributed by atoms with E-state index in [0.29, 0.717) is 24.1 Å². The number of benzene rings is 2. The highest BCUT2D eigenvalue weighted by Gasteiger charge is 2.34. The van der Waals surface area contributed by atoms with E-state index >= 15 is 0 Å². The lowest BCUT2D eigenvalue weighted by Gasteiger charge is -2.36. The number of quaternary nitrogens is 1. The molecule has 4 nitrogen and oxygen atoms in total. The molecule has 0 fully saturated rings. The van der Waals surface area contributed by atoms with E-state index in [2.05, 4.69) is 58.3 Å². The second-order valence-electron chi connectivity index (χ2n) is 12.0. The number of carbonyl (C=O) groups is 1. The summed E-state index contributed by atoms with van der Waals surface area (Å²) in [7, 11) is 4.22. The third-order valence-electron chi connectivity index (χ3n) is 8.00. The third kappa shape index (κ3) is 13.8. The number of unbranched alkanes of at least 4 members (excludes halogenated alkanes) is 11. The molecule has 0 aliphatic carbocycles. The Labute approximate surface area is 246 Å². The van der Waals surface area contributed by atoms with Gasteiger partial charge < -0.3 is 14.0 Å². The Morgan fingerprint density at radius 3 is 1.90 bits per heavy atom. The van der Waals surface area contributed by atoms with Crippen LogP contribution in [-0.4, -0.2) is 43.8 Å². The summed E-state index contributed by atoms with van der Waals surface area (Å²) in [5, 5.41) is 0. The van der Waals surface area contributed by atoms with Crippen LogP contribution in [0.4, 0.5) is 0 Å². The summed E-state index contributed by atoms with van der Waals surface area (Å²) in [5.41, 5.74) is 2.52. The minimum atomic E-state index is -0.183. The van der Waals surface area contributed by atoms with Gasteiger partial charge in [-0.25, -0.2) is 4.79 Å². The van der Waals surface area contributed by atoms with Crippen LogP contribution >= 0.6 is 0 Å². The summed E-state index contributed by atoms with van der Waals surface area (Å²) >= 11 is 0. The number of hydrogen-bond acceptors (Lipinski definition) is 3. The van der Waals surface area contributed by atoms with Crippen molar-refractivity contribution >= 4 is 5.97 Å². The number of nitrogens with zero attached hydrogens (tertiary/aromatic N) is 1. The fourth-order valence-corrected chi connectivity index (χ4v) is 5.63. The van der Waals surface area contributed by atoms with Crippen LogP contribution in [0, 0.1) is 0 Å². The van der Waals surface area contributed by atoms with E-state index in [1.54, 1.807) is 0 Å². The number of ether oxygens (including phenoxy) is 2. The predicted octanol–water partition coefficient (Wildman–Crippen LogP) is 9.30. The van der Waals surface area contributed by atoms with Crippen molar-refractivity contribution in [3.8, 4) is 5.75 Å². The molecule has 0 saturated heterocycles. The molecule has 1 atom stereocenters. The molecule has 0 aliphatic heterocycles. The molecule has 0 amide bonds. The Bertz CT molecular complexity index is 911. The second kappa shape index (κ2) is 20.5. The maximum atomic E-state index is 12.9. The third-order valence-corrected chi connectivity index (χ3v) is 8.00. The zero-order valence-corrected chi connectivity index (χ0v) is 26.2. The fraction of sp³-hybridized carbons (Fsp3) is 0.639. The Morgan fingerprint density at radius 1 is 0.700 bits per heavy atom. The topological polar surface area (TPSA) is 35.5 Å². The molecule has 0 saturated carbocycles. The van der Waals surface area contributed by atoms with Gasteiger partial charge in [-0.3, -0.25) is 0 Å². The molecule has 1 unspecified atom stereocenters. The van der Waals surface area contributed by atoms with Crippen LogP contribution in [0.2, 0.25) is 0 Å². The normalized spacial score (nSPS) is 12.3. The smallest absolute Gasteiger partial charge is 0.364 e. The molecule has 0 heterocycles. The molecular formula is C36H58NO3+. The lowest BCUT2D eigenvalue weighted by molar-refractivity contribution is -0.919. The summed E-state index contributed by atoms with van der Waals surface area (Å²) in [5.74, 6) is 0.861. The van der Waals surface area contributed by atoms with Crippen LogP contribution in [0.5, 0.6) is 5.75 Å². The van der Waals surface area contributed by atoms with Crippen LogP contribution in [-0.2, 0) is 22.5 Å². The van der Waals surface area contributed by atoms with Crippen LogP contribution in [0.25, 0.3) is 0 Å². The number of hydrogen-bond donors (Lipinski definition) is 0. The van der Waals surface area contributed by atoms with E-state index in [4.69, 9.17) is 9.47 Å². The summed E-state index contributed by atoms with van der Waals surface area (Å²) in [6, 6.07) is 18.6. The summed E-state index contributed by atoms with van der Waals surface area (Å²) < 4.78 is 12.4. The van der Waals surface area contributed by atoms with Crippen molar-refractivity contribution in [2.75, 3.05) is 27.3 Å². The highest BCUT2D eigenvalue weighted by atomic mass is 16.5. The number of rotatable bonds is 23. The SMILES string of the molecule is CCCCCCCCCCCCCCc1ccccc1OCCCOC(=O)C(CC)[N+](C)(C)Cc1ccccc1. The molecule has 2 aromatic carbocycles. The zero-order valence-electron chi connectivity index (χ0n) is 26.2. The highest BCUT2D eigenvalue weighted by molar-refractivity contribution is 5.74. The van der Waals surface area contributed by atoms with Gasteiger partial charge in [-0.05, 0) is 24.5 Å². The largest absolute Gasteiger partial charge is 0.493 e. The molecule has 2 aromatic rings. The van der Waals surface area contributed by atoms with Crippen molar-refractivity contribution in [2.45, 2.75) is 123 Å². The Hall–Kier alpha value is -2.33. The van der Waals surface area contributed by atoms with Crippen molar-refractivity contribution in [1.29, 1.82) is 0 Å². The number of para-hydroxylation sites is 1. The van der Waals surface area contributed by atoms with Gasteiger partial charge in [0.15, 0.2) is 6.04 Å². The molecule has 224 valence electrons. The van der Waals surface area contributed by atoms with Crippen LogP contribution < -0.4 is 4.74 Å². The van der Waals surface area contributed by atoms with Gasteiger partial charge >= 0.3 is 5.97 Å². The predicted molar refractivity (Wildman–Crippen MR) is 169 cm³/mol. The first kappa shape index (κ1) is 33.9. The first-order valence-corrected chi connectivity index (χ1v) is 16.2. The number of carbonyl (C=O) groups excluding carboxylic acids is 1. The minimum absolute atomic E-state index is 0.115. The highest BCUT2D eigenvalue weighted by Crippen LogP contribution is 2.22.